The number of nitrogens with zero attached hydrogens (tertiary/aromatic N) is 2. The number of hydrogen-bond acceptors (Lipinski definition) is 8. The summed E-state index contributed by atoms with van der Waals surface area (Å²) in [5, 5.41) is 19.2. The Bertz CT molecular complexity index is 1540. The number of fused-ring (bicyclic) bond motifs is 1. The van der Waals surface area contributed by atoms with Crippen LogP contribution in [-0.2, 0) is 4.74 Å². The number of carboxylic acid groups (broad SMARTS) is 1. The van der Waals surface area contributed by atoms with E-state index in [0.29, 0.717) is 65.1 Å². The van der Waals surface area contributed by atoms with Crippen LogP contribution in [0.3, 0.4) is 0 Å². The van der Waals surface area contributed by atoms with Gasteiger partial charge in [-0.15, -0.1) is 0 Å². The first-order valence-corrected chi connectivity index (χ1v) is 13.2. The Kier molecular flexibility index (Phi) is 8.77. The molecule has 4 aromatic rings. The summed E-state index contributed by atoms with van der Waals surface area (Å²) in [6.45, 7) is 4.44. The number of amides is 2. The van der Waals surface area contributed by atoms with E-state index >= 15 is 0 Å². The first kappa shape index (κ1) is 27.7. The summed E-state index contributed by atoms with van der Waals surface area (Å²) >= 11 is 0. The van der Waals surface area contributed by atoms with Crippen molar-refractivity contribution >= 4 is 40.0 Å². The predicted molar refractivity (Wildman–Crippen MR) is 156 cm³/mol. The highest BCUT2D eigenvalue weighted by atomic mass is 16.5. The fourth-order valence-electron chi connectivity index (χ4n) is 4.58. The Hall–Kier alpha value is -4.87. The number of aromatic nitrogens is 1. The minimum atomic E-state index is -1.14. The molecule has 2 heterocycles. The fraction of sp³-hybridized carbons (Fsp3) is 0.233. The highest BCUT2D eigenvalue weighted by Gasteiger charge is 2.14. The number of nitrogens with one attached hydrogen (secondary N) is 3. The van der Waals surface area contributed by atoms with Crippen molar-refractivity contribution in [1.82, 2.24) is 15.2 Å². The maximum absolute atomic E-state index is 12.9. The van der Waals surface area contributed by atoms with E-state index in [1.54, 1.807) is 55.8 Å². The van der Waals surface area contributed by atoms with Gasteiger partial charge in [0.1, 0.15) is 23.1 Å². The third-order valence-electron chi connectivity index (χ3n) is 6.58. The lowest BCUT2D eigenvalue weighted by Gasteiger charge is -2.26. The van der Waals surface area contributed by atoms with Crippen LogP contribution in [0.1, 0.15) is 10.4 Å². The smallest absolute Gasteiger partial charge is 0.409 e. The van der Waals surface area contributed by atoms with Gasteiger partial charge in [0.2, 0.25) is 0 Å². The molecule has 0 radical (unpaired) electrons. The number of methoxy groups -OCH3 is 1. The molecule has 0 atom stereocenters. The van der Waals surface area contributed by atoms with Gasteiger partial charge in [0.05, 0.1) is 26.0 Å². The van der Waals surface area contributed by atoms with Crippen LogP contribution >= 0.6 is 0 Å². The molecule has 1 saturated heterocycles. The molecule has 5 rings (SSSR count). The van der Waals surface area contributed by atoms with E-state index in [1.165, 1.54) is 0 Å². The largest absolute Gasteiger partial charge is 0.497 e. The number of ether oxygens (including phenoxy) is 3. The highest BCUT2D eigenvalue weighted by Crippen LogP contribution is 2.35. The number of hydrogen-bond donors (Lipinski definition) is 4. The molecule has 2 amide bonds. The molecule has 41 heavy (non-hydrogen) atoms. The molecule has 0 bridgehead atoms. The van der Waals surface area contributed by atoms with E-state index in [1.807, 2.05) is 24.3 Å². The van der Waals surface area contributed by atoms with Crippen molar-refractivity contribution in [2.24, 2.45) is 0 Å². The average molecular weight is 558 g/mol. The van der Waals surface area contributed by atoms with E-state index in [9.17, 15) is 9.59 Å². The minimum Gasteiger partial charge on any atom is -0.497 e. The van der Waals surface area contributed by atoms with Gasteiger partial charge in [-0.3, -0.25) is 15.0 Å². The normalized spacial score (nSPS) is 13.4. The Morgan fingerprint density at radius 1 is 1.00 bits per heavy atom. The quantitative estimate of drug-likeness (QED) is 0.214. The molecule has 1 aliphatic heterocycles. The summed E-state index contributed by atoms with van der Waals surface area (Å²) in [6.07, 6.45) is 0.472. The van der Waals surface area contributed by atoms with Crippen molar-refractivity contribution < 1.29 is 28.9 Å². The van der Waals surface area contributed by atoms with E-state index in [2.05, 4.69) is 25.8 Å². The van der Waals surface area contributed by atoms with Crippen LogP contribution in [0.2, 0.25) is 0 Å². The lowest BCUT2D eigenvalue weighted by molar-refractivity contribution is 0.0383. The molecule has 0 aliphatic carbocycles. The monoisotopic (exact) mass is 557 g/mol. The first-order valence-electron chi connectivity index (χ1n) is 13.2. The maximum atomic E-state index is 12.9. The second kappa shape index (κ2) is 13.0. The Morgan fingerprint density at radius 2 is 1.80 bits per heavy atom. The summed E-state index contributed by atoms with van der Waals surface area (Å²) in [4.78, 5) is 30.7. The van der Waals surface area contributed by atoms with Crippen LogP contribution in [0, 0.1) is 0 Å². The van der Waals surface area contributed by atoms with Gasteiger partial charge in [0, 0.05) is 66.5 Å². The lowest BCUT2D eigenvalue weighted by atomic mass is 10.1. The standard InChI is InChI=1S/C30H31N5O6/c1-39-23-17-20(29(36)32-10-11-35-12-14-40-15-13-35)16-21(18-23)33-28-19-22(8-9-31-28)41-27-7-6-26(34-30(37)38)24-4-2-3-5-25(24)27/h2-9,16-19,34H,10-15H2,1H3,(H,31,33)(H,32,36)(H,37,38). The van der Waals surface area contributed by atoms with Gasteiger partial charge in [0.15, 0.2) is 0 Å². The molecule has 1 aromatic heterocycles. The number of carbonyl (C=O) groups excluding carboxylic acids is 1. The van der Waals surface area contributed by atoms with E-state index < -0.39 is 6.09 Å². The lowest BCUT2D eigenvalue weighted by Crippen LogP contribution is -2.41. The summed E-state index contributed by atoms with van der Waals surface area (Å²) in [6, 6.07) is 19.4. The molecule has 4 N–H and O–H groups in total. The maximum Gasteiger partial charge on any atom is 0.409 e. The molecule has 0 unspecified atom stereocenters. The third kappa shape index (κ3) is 7.21. The summed E-state index contributed by atoms with van der Waals surface area (Å²) in [7, 11) is 1.55. The number of benzene rings is 3. The minimum absolute atomic E-state index is 0.196. The molecule has 0 spiro atoms. The average Bonchev–Trinajstić information content (AvgIpc) is 2.98. The zero-order valence-electron chi connectivity index (χ0n) is 22.6. The zero-order valence-corrected chi connectivity index (χ0v) is 22.6. The SMILES string of the molecule is COc1cc(Nc2cc(Oc3ccc(NC(=O)O)c4ccccc34)ccn2)cc(C(=O)NCCN2CCOCC2)c1. The van der Waals surface area contributed by atoms with Gasteiger partial charge in [-0.05, 0) is 30.3 Å². The van der Waals surface area contributed by atoms with Crippen molar-refractivity contribution in [1.29, 1.82) is 0 Å². The van der Waals surface area contributed by atoms with Crippen LogP contribution in [-0.4, -0.2) is 73.5 Å². The second-order valence-electron chi connectivity index (χ2n) is 9.35. The van der Waals surface area contributed by atoms with Gasteiger partial charge in [-0.1, -0.05) is 24.3 Å². The Labute approximate surface area is 237 Å². The summed E-state index contributed by atoms with van der Waals surface area (Å²) in [5.41, 5.74) is 1.56. The Morgan fingerprint density at radius 3 is 2.59 bits per heavy atom. The molecule has 212 valence electrons. The molecular formula is C30H31N5O6. The number of carbonyl (C=O) groups is 2. The second-order valence-corrected chi connectivity index (χ2v) is 9.35. The summed E-state index contributed by atoms with van der Waals surface area (Å²) in [5.74, 6) is 1.92. The highest BCUT2D eigenvalue weighted by molar-refractivity contribution is 6.02. The topological polar surface area (TPSA) is 134 Å². The number of pyridine rings is 1. The van der Waals surface area contributed by atoms with Crippen molar-refractivity contribution in [3.63, 3.8) is 0 Å². The molecule has 1 aliphatic rings. The van der Waals surface area contributed by atoms with Gasteiger partial charge in [0.25, 0.3) is 5.91 Å². The first-order chi connectivity index (χ1) is 20.0. The van der Waals surface area contributed by atoms with Crippen LogP contribution in [0.15, 0.2) is 72.9 Å². The summed E-state index contributed by atoms with van der Waals surface area (Å²) < 4.78 is 17.0. The van der Waals surface area contributed by atoms with Crippen molar-refractivity contribution in [3.8, 4) is 17.2 Å². The fourth-order valence-corrected chi connectivity index (χ4v) is 4.58. The molecule has 11 nitrogen and oxygen atoms in total. The van der Waals surface area contributed by atoms with Crippen molar-refractivity contribution in [2.75, 3.05) is 57.1 Å². The van der Waals surface area contributed by atoms with Crippen LogP contribution in [0.4, 0.5) is 22.0 Å². The van der Waals surface area contributed by atoms with Gasteiger partial charge >= 0.3 is 6.09 Å². The predicted octanol–water partition coefficient (Wildman–Crippen LogP) is 4.93. The van der Waals surface area contributed by atoms with Crippen molar-refractivity contribution in [3.05, 3.63) is 78.5 Å². The number of rotatable bonds is 10. The number of anilines is 3. The van der Waals surface area contributed by atoms with E-state index in [4.69, 9.17) is 19.3 Å². The van der Waals surface area contributed by atoms with Gasteiger partial charge in [-0.2, -0.15) is 0 Å². The zero-order chi connectivity index (χ0) is 28.6. The Balaban J connectivity index is 1.29. The number of morpholine rings is 1. The molecule has 11 heteroatoms. The van der Waals surface area contributed by atoms with Crippen molar-refractivity contribution in [2.45, 2.75) is 0 Å². The van der Waals surface area contributed by atoms with Gasteiger partial charge in [-0.25, -0.2) is 9.78 Å². The molecule has 3 aromatic carbocycles. The molecule has 0 saturated carbocycles. The third-order valence-corrected chi connectivity index (χ3v) is 6.58. The van der Waals surface area contributed by atoms with Crippen LogP contribution in [0.5, 0.6) is 17.2 Å². The van der Waals surface area contributed by atoms with Crippen LogP contribution in [0.25, 0.3) is 10.8 Å². The van der Waals surface area contributed by atoms with E-state index in [-0.39, 0.29) is 5.91 Å². The molecular weight excluding hydrogens is 526 g/mol. The van der Waals surface area contributed by atoms with Gasteiger partial charge < -0.3 is 30.0 Å². The van der Waals surface area contributed by atoms with Crippen LogP contribution < -0.4 is 25.4 Å². The molecule has 1 fully saturated rings. The van der Waals surface area contributed by atoms with E-state index in [0.717, 1.165) is 25.0 Å².